The lowest BCUT2D eigenvalue weighted by Gasteiger charge is -2.20. The van der Waals surface area contributed by atoms with Gasteiger partial charge < -0.3 is 14.4 Å². The first-order chi connectivity index (χ1) is 12.5. The van der Waals surface area contributed by atoms with E-state index in [-0.39, 0.29) is 25.3 Å². The minimum atomic E-state index is -0.680. The van der Waals surface area contributed by atoms with Crippen LogP contribution in [0.4, 0.5) is 5.69 Å². The maximum atomic E-state index is 12.0. The van der Waals surface area contributed by atoms with Gasteiger partial charge in [0.1, 0.15) is 0 Å². The van der Waals surface area contributed by atoms with Crippen LogP contribution in [0.15, 0.2) is 34.4 Å². The number of hydrazone groups is 1. The molecule has 0 spiro atoms. The number of guanidine groups is 1. The van der Waals surface area contributed by atoms with Gasteiger partial charge in [0, 0.05) is 17.3 Å². The Kier molecular flexibility index (Phi) is 7.40. The number of benzene rings is 1. The summed E-state index contributed by atoms with van der Waals surface area (Å²) in [6, 6.07) is 7.31. The number of rotatable bonds is 7. The van der Waals surface area contributed by atoms with E-state index in [1.165, 1.54) is 0 Å². The van der Waals surface area contributed by atoms with Crippen LogP contribution < -0.4 is 10.3 Å². The fourth-order valence-corrected chi connectivity index (χ4v) is 2.46. The first kappa shape index (κ1) is 19.7. The first-order valence-corrected chi connectivity index (χ1v) is 8.65. The van der Waals surface area contributed by atoms with Gasteiger partial charge in [-0.3, -0.25) is 4.79 Å². The van der Waals surface area contributed by atoms with E-state index in [0.717, 1.165) is 5.69 Å². The van der Waals surface area contributed by atoms with Gasteiger partial charge in [0.15, 0.2) is 5.71 Å². The number of esters is 2. The molecule has 0 saturated heterocycles. The SMILES string of the molecule is CCOC(=O)C/C(=N\NC1=NCCN1c1cccc(Cl)c1)C(=O)OCC. The zero-order chi connectivity index (χ0) is 18.9. The monoisotopic (exact) mass is 380 g/mol. The quantitative estimate of drug-likeness (QED) is 0.441. The fourth-order valence-electron chi connectivity index (χ4n) is 2.28. The zero-order valence-electron chi connectivity index (χ0n) is 14.7. The van der Waals surface area contributed by atoms with E-state index in [1.807, 2.05) is 17.0 Å². The summed E-state index contributed by atoms with van der Waals surface area (Å²) < 4.78 is 9.80. The van der Waals surface area contributed by atoms with Crippen LogP contribution in [0.25, 0.3) is 0 Å². The second-order valence-electron chi connectivity index (χ2n) is 5.21. The van der Waals surface area contributed by atoms with Crippen molar-refractivity contribution in [3.63, 3.8) is 0 Å². The molecule has 0 fully saturated rings. The highest BCUT2D eigenvalue weighted by Gasteiger charge is 2.22. The van der Waals surface area contributed by atoms with Gasteiger partial charge in [0.25, 0.3) is 0 Å². The summed E-state index contributed by atoms with van der Waals surface area (Å²) in [5.74, 6) is -0.778. The van der Waals surface area contributed by atoms with Crippen LogP contribution in [0.1, 0.15) is 20.3 Å². The molecule has 0 radical (unpaired) electrons. The number of nitrogens with zero attached hydrogens (tertiary/aromatic N) is 3. The average molecular weight is 381 g/mol. The van der Waals surface area contributed by atoms with Crippen molar-refractivity contribution in [3.8, 4) is 0 Å². The van der Waals surface area contributed by atoms with Crippen LogP contribution in [0.3, 0.4) is 0 Å². The number of anilines is 1. The Hall–Kier alpha value is -2.61. The normalized spacial score (nSPS) is 14.0. The summed E-state index contributed by atoms with van der Waals surface area (Å²) in [6.07, 6.45) is -0.288. The molecule has 1 aromatic rings. The van der Waals surface area contributed by atoms with Crippen LogP contribution in [-0.2, 0) is 19.1 Å². The molecule has 9 heteroatoms. The highest BCUT2D eigenvalue weighted by atomic mass is 35.5. The van der Waals surface area contributed by atoms with E-state index < -0.39 is 11.9 Å². The number of nitrogens with one attached hydrogen (secondary N) is 1. The van der Waals surface area contributed by atoms with Crippen molar-refractivity contribution in [1.82, 2.24) is 5.43 Å². The second-order valence-corrected chi connectivity index (χ2v) is 5.65. The highest BCUT2D eigenvalue weighted by molar-refractivity contribution is 6.39. The molecular formula is C17H21ClN4O4. The standard InChI is InChI=1S/C17H21ClN4O4/c1-3-25-15(23)11-14(16(24)26-4-2)20-21-17-19-8-9-22(17)13-7-5-6-12(18)10-13/h5-7,10H,3-4,8-9,11H2,1-2H3,(H,19,21)/b20-14+. The number of ether oxygens (including phenoxy) is 2. The molecule has 1 aliphatic rings. The number of hydrogen-bond acceptors (Lipinski definition) is 8. The van der Waals surface area contributed by atoms with Gasteiger partial charge >= 0.3 is 11.9 Å². The zero-order valence-corrected chi connectivity index (χ0v) is 15.5. The van der Waals surface area contributed by atoms with Crippen LogP contribution in [0.2, 0.25) is 5.02 Å². The van der Waals surface area contributed by atoms with Gasteiger partial charge in [0.2, 0.25) is 5.96 Å². The maximum Gasteiger partial charge on any atom is 0.355 e. The Morgan fingerprint density at radius 3 is 2.77 bits per heavy atom. The second kappa shape index (κ2) is 9.76. The third-order valence-corrected chi connectivity index (χ3v) is 3.61. The molecule has 2 rings (SSSR count). The van der Waals surface area contributed by atoms with Crippen LogP contribution in [-0.4, -0.2) is 49.9 Å². The summed E-state index contributed by atoms with van der Waals surface area (Å²) in [5, 5.41) is 4.63. The molecule has 26 heavy (non-hydrogen) atoms. The molecule has 0 aliphatic carbocycles. The smallest absolute Gasteiger partial charge is 0.355 e. The molecule has 1 aliphatic heterocycles. The summed E-state index contributed by atoms with van der Waals surface area (Å²) in [4.78, 5) is 29.9. The van der Waals surface area contributed by atoms with Crippen molar-refractivity contribution in [2.24, 2.45) is 10.1 Å². The molecule has 0 saturated carbocycles. The first-order valence-electron chi connectivity index (χ1n) is 8.28. The average Bonchev–Trinajstić information content (AvgIpc) is 3.07. The molecule has 1 N–H and O–H groups in total. The lowest BCUT2D eigenvalue weighted by atomic mass is 10.3. The Morgan fingerprint density at radius 2 is 2.08 bits per heavy atom. The molecule has 140 valence electrons. The van der Waals surface area contributed by atoms with Crippen molar-refractivity contribution in [2.45, 2.75) is 20.3 Å². The van der Waals surface area contributed by atoms with Crippen LogP contribution in [0.5, 0.6) is 0 Å². The number of halogens is 1. The van der Waals surface area contributed by atoms with Crippen LogP contribution in [0, 0.1) is 0 Å². The van der Waals surface area contributed by atoms with Crippen molar-refractivity contribution in [3.05, 3.63) is 29.3 Å². The van der Waals surface area contributed by atoms with Gasteiger partial charge in [-0.2, -0.15) is 5.10 Å². The molecule has 0 unspecified atom stereocenters. The van der Waals surface area contributed by atoms with E-state index in [4.69, 9.17) is 21.1 Å². The van der Waals surface area contributed by atoms with Crippen molar-refractivity contribution in [1.29, 1.82) is 0 Å². The predicted molar refractivity (Wildman–Crippen MR) is 99.6 cm³/mol. The largest absolute Gasteiger partial charge is 0.466 e. The van der Waals surface area contributed by atoms with E-state index in [1.54, 1.807) is 26.0 Å². The Labute approximate surface area is 156 Å². The Morgan fingerprint density at radius 1 is 1.31 bits per heavy atom. The number of hydrogen-bond donors (Lipinski definition) is 1. The predicted octanol–water partition coefficient (Wildman–Crippen LogP) is 1.98. The summed E-state index contributed by atoms with van der Waals surface area (Å²) in [5.41, 5.74) is 3.52. The van der Waals surface area contributed by atoms with E-state index in [2.05, 4.69) is 15.5 Å². The van der Waals surface area contributed by atoms with Gasteiger partial charge in [-0.05, 0) is 32.0 Å². The van der Waals surface area contributed by atoms with Crippen LogP contribution >= 0.6 is 11.6 Å². The molecule has 1 aromatic carbocycles. The molecule has 0 atom stereocenters. The molecule has 0 bridgehead atoms. The lowest BCUT2D eigenvalue weighted by molar-refractivity contribution is -0.143. The van der Waals surface area contributed by atoms with Gasteiger partial charge in [-0.1, -0.05) is 17.7 Å². The Bertz CT molecular complexity index is 720. The minimum absolute atomic E-state index is 0.0778. The lowest BCUT2D eigenvalue weighted by Crippen LogP contribution is -2.37. The van der Waals surface area contributed by atoms with Crippen molar-refractivity contribution >= 4 is 40.9 Å². The van der Waals surface area contributed by atoms with Gasteiger partial charge in [-0.25, -0.2) is 15.2 Å². The molecule has 0 amide bonds. The molecule has 8 nitrogen and oxygen atoms in total. The third-order valence-electron chi connectivity index (χ3n) is 3.38. The van der Waals surface area contributed by atoms with E-state index >= 15 is 0 Å². The number of carbonyl (C=O) groups is 2. The van der Waals surface area contributed by atoms with Gasteiger partial charge in [0.05, 0.1) is 26.2 Å². The number of aliphatic imine (C=N–C) groups is 1. The maximum absolute atomic E-state index is 12.0. The number of carbonyl (C=O) groups excluding carboxylic acids is 2. The fraction of sp³-hybridized carbons (Fsp3) is 0.412. The van der Waals surface area contributed by atoms with E-state index in [9.17, 15) is 9.59 Å². The third kappa shape index (κ3) is 5.45. The van der Waals surface area contributed by atoms with Crippen molar-refractivity contribution < 1.29 is 19.1 Å². The summed E-state index contributed by atoms with van der Waals surface area (Å²) in [7, 11) is 0. The minimum Gasteiger partial charge on any atom is -0.466 e. The summed E-state index contributed by atoms with van der Waals surface area (Å²) >= 11 is 6.03. The Balaban J connectivity index is 2.13. The molecule has 0 aromatic heterocycles. The van der Waals surface area contributed by atoms with Crippen molar-refractivity contribution in [2.75, 3.05) is 31.2 Å². The highest BCUT2D eigenvalue weighted by Crippen LogP contribution is 2.21. The van der Waals surface area contributed by atoms with Gasteiger partial charge in [-0.15, -0.1) is 0 Å². The molecular weight excluding hydrogens is 360 g/mol. The van der Waals surface area contributed by atoms with E-state index in [0.29, 0.717) is 24.1 Å². The topological polar surface area (TPSA) is 92.6 Å². The summed E-state index contributed by atoms with van der Waals surface area (Å²) in [6.45, 7) is 4.97. The molecule has 1 heterocycles.